The van der Waals surface area contributed by atoms with Crippen LogP contribution in [0, 0.1) is 5.82 Å². The molecule has 0 spiro atoms. The normalized spacial score (nSPS) is 10.2. The summed E-state index contributed by atoms with van der Waals surface area (Å²) in [5.41, 5.74) is 1.85. The summed E-state index contributed by atoms with van der Waals surface area (Å²) in [5, 5.41) is 5.70. The predicted molar refractivity (Wildman–Crippen MR) is 104 cm³/mol. The molecule has 1 aromatic heterocycles. The minimum Gasteiger partial charge on any atom is -0.462 e. The Morgan fingerprint density at radius 2 is 1.79 bits per heavy atom. The van der Waals surface area contributed by atoms with E-state index in [0.29, 0.717) is 34.9 Å². The first kappa shape index (κ1) is 19.0. The molecular formula is C21H18FN3O3. The summed E-state index contributed by atoms with van der Waals surface area (Å²) in [6, 6.07) is 15.5. The minimum atomic E-state index is -0.414. The second kappa shape index (κ2) is 8.77. The number of pyridine rings is 1. The maximum Gasteiger partial charge on any atom is 0.338 e. The molecule has 0 unspecified atom stereocenters. The molecule has 0 bridgehead atoms. The van der Waals surface area contributed by atoms with Crippen LogP contribution in [0.2, 0.25) is 0 Å². The molecule has 3 aromatic rings. The Morgan fingerprint density at radius 3 is 2.50 bits per heavy atom. The van der Waals surface area contributed by atoms with Gasteiger partial charge in [-0.05, 0) is 61.5 Å². The van der Waals surface area contributed by atoms with E-state index in [1.807, 2.05) is 0 Å². The van der Waals surface area contributed by atoms with E-state index in [4.69, 9.17) is 4.74 Å². The molecule has 0 aliphatic heterocycles. The van der Waals surface area contributed by atoms with E-state index in [1.54, 1.807) is 55.5 Å². The smallest absolute Gasteiger partial charge is 0.338 e. The van der Waals surface area contributed by atoms with E-state index in [0.717, 1.165) is 0 Å². The number of ether oxygens (including phenoxy) is 1. The van der Waals surface area contributed by atoms with Crippen molar-refractivity contribution in [3.8, 4) is 0 Å². The van der Waals surface area contributed by atoms with E-state index >= 15 is 0 Å². The SMILES string of the molecule is CCOC(=O)c1ccc(NC(=O)c2ccnc(Nc3cccc(F)c3)c2)cc1. The number of esters is 1. The van der Waals surface area contributed by atoms with Gasteiger partial charge in [-0.2, -0.15) is 0 Å². The molecule has 0 aliphatic rings. The number of hydrogen-bond donors (Lipinski definition) is 2. The van der Waals surface area contributed by atoms with Crippen molar-refractivity contribution in [2.75, 3.05) is 17.2 Å². The van der Waals surface area contributed by atoms with Crippen molar-refractivity contribution in [1.29, 1.82) is 0 Å². The van der Waals surface area contributed by atoms with E-state index in [2.05, 4.69) is 15.6 Å². The van der Waals surface area contributed by atoms with Crippen molar-refractivity contribution < 1.29 is 18.7 Å². The van der Waals surface area contributed by atoms with Gasteiger partial charge in [0.2, 0.25) is 0 Å². The van der Waals surface area contributed by atoms with Crippen LogP contribution in [0.1, 0.15) is 27.6 Å². The van der Waals surface area contributed by atoms with Crippen LogP contribution in [0.15, 0.2) is 66.9 Å². The van der Waals surface area contributed by atoms with E-state index < -0.39 is 5.97 Å². The zero-order valence-corrected chi connectivity index (χ0v) is 15.1. The first-order chi connectivity index (χ1) is 13.5. The Bertz CT molecular complexity index is 990. The highest BCUT2D eigenvalue weighted by Gasteiger charge is 2.10. The number of carbonyl (C=O) groups excluding carboxylic acids is 2. The molecule has 2 N–H and O–H groups in total. The van der Waals surface area contributed by atoms with Crippen LogP contribution < -0.4 is 10.6 Å². The topological polar surface area (TPSA) is 80.3 Å². The predicted octanol–water partition coefficient (Wildman–Crippen LogP) is 4.39. The van der Waals surface area contributed by atoms with Gasteiger partial charge in [0.15, 0.2) is 0 Å². The number of anilines is 3. The fraction of sp³-hybridized carbons (Fsp3) is 0.0952. The molecule has 6 nitrogen and oxygen atoms in total. The summed E-state index contributed by atoms with van der Waals surface area (Å²) < 4.78 is 18.2. The second-order valence-electron chi connectivity index (χ2n) is 5.82. The first-order valence-corrected chi connectivity index (χ1v) is 8.62. The van der Waals surface area contributed by atoms with E-state index in [-0.39, 0.29) is 11.7 Å². The lowest BCUT2D eigenvalue weighted by Crippen LogP contribution is -2.12. The number of halogens is 1. The highest BCUT2D eigenvalue weighted by Crippen LogP contribution is 2.17. The summed E-state index contributed by atoms with van der Waals surface area (Å²) in [5.74, 6) is -0.711. The number of amides is 1. The van der Waals surface area contributed by atoms with Crippen molar-refractivity contribution in [1.82, 2.24) is 4.98 Å². The van der Waals surface area contributed by atoms with Gasteiger partial charge in [-0.15, -0.1) is 0 Å². The highest BCUT2D eigenvalue weighted by molar-refractivity contribution is 6.04. The van der Waals surface area contributed by atoms with Crippen LogP contribution in [-0.2, 0) is 4.74 Å². The van der Waals surface area contributed by atoms with Gasteiger partial charge in [-0.25, -0.2) is 14.2 Å². The summed E-state index contributed by atoms with van der Waals surface area (Å²) >= 11 is 0. The Hall–Kier alpha value is -3.74. The zero-order chi connectivity index (χ0) is 19.9. The van der Waals surface area contributed by atoms with Crippen molar-refractivity contribution >= 4 is 29.1 Å². The fourth-order valence-electron chi connectivity index (χ4n) is 2.46. The highest BCUT2D eigenvalue weighted by atomic mass is 19.1. The lowest BCUT2D eigenvalue weighted by Gasteiger charge is -2.09. The molecule has 3 rings (SSSR count). The molecular weight excluding hydrogens is 361 g/mol. The number of hydrogen-bond acceptors (Lipinski definition) is 5. The first-order valence-electron chi connectivity index (χ1n) is 8.62. The number of rotatable bonds is 6. The van der Waals surface area contributed by atoms with Crippen LogP contribution in [0.4, 0.5) is 21.6 Å². The molecule has 0 radical (unpaired) electrons. The van der Waals surface area contributed by atoms with Crippen molar-refractivity contribution in [3.63, 3.8) is 0 Å². The minimum absolute atomic E-state index is 0.297. The van der Waals surface area contributed by atoms with Gasteiger partial charge in [0.1, 0.15) is 11.6 Å². The zero-order valence-electron chi connectivity index (χ0n) is 15.1. The molecule has 142 valence electrons. The largest absolute Gasteiger partial charge is 0.462 e. The number of benzene rings is 2. The summed E-state index contributed by atoms with van der Waals surface area (Å²) in [4.78, 5) is 28.3. The molecule has 0 atom stereocenters. The molecule has 0 saturated heterocycles. The van der Waals surface area contributed by atoms with Gasteiger partial charge >= 0.3 is 5.97 Å². The molecule has 0 aliphatic carbocycles. The third-order valence-electron chi connectivity index (χ3n) is 3.77. The van der Waals surface area contributed by atoms with Crippen LogP contribution >= 0.6 is 0 Å². The lowest BCUT2D eigenvalue weighted by atomic mass is 10.2. The van der Waals surface area contributed by atoms with Gasteiger partial charge < -0.3 is 15.4 Å². The maximum atomic E-state index is 13.3. The molecule has 1 amide bonds. The average molecular weight is 379 g/mol. The van der Waals surface area contributed by atoms with Crippen molar-refractivity contribution in [3.05, 3.63) is 83.8 Å². The van der Waals surface area contributed by atoms with E-state index in [9.17, 15) is 14.0 Å². The number of carbonyl (C=O) groups is 2. The van der Waals surface area contributed by atoms with Gasteiger partial charge in [0, 0.05) is 23.1 Å². The summed E-state index contributed by atoms with van der Waals surface area (Å²) in [6.45, 7) is 2.03. The van der Waals surface area contributed by atoms with Crippen LogP contribution in [0.3, 0.4) is 0 Å². The monoisotopic (exact) mass is 379 g/mol. The van der Waals surface area contributed by atoms with Gasteiger partial charge in [0.05, 0.1) is 12.2 Å². The Morgan fingerprint density at radius 1 is 1.00 bits per heavy atom. The molecule has 7 heteroatoms. The lowest BCUT2D eigenvalue weighted by molar-refractivity contribution is 0.0526. The Labute approximate surface area is 161 Å². The maximum absolute atomic E-state index is 13.3. The molecule has 0 fully saturated rings. The summed E-state index contributed by atoms with van der Waals surface area (Å²) in [6.07, 6.45) is 1.49. The second-order valence-corrected chi connectivity index (χ2v) is 5.82. The number of nitrogens with one attached hydrogen (secondary N) is 2. The van der Waals surface area contributed by atoms with Crippen LogP contribution in [-0.4, -0.2) is 23.5 Å². The third-order valence-corrected chi connectivity index (χ3v) is 3.77. The van der Waals surface area contributed by atoms with E-state index in [1.165, 1.54) is 18.3 Å². The van der Waals surface area contributed by atoms with Crippen molar-refractivity contribution in [2.24, 2.45) is 0 Å². The fourth-order valence-corrected chi connectivity index (χ4v) is 2.46. The standard InChI is InChI=1S/C21H18FN3O3/c1-2-28-21(27)14-6-8-17(9-7-14)25-20(26)15-10-11-23-19(12-15)24-18-5-3-4-16(22)13-18/h3-13H,2H2,1H3,(H,23,24)(H,25,26). The molecule has 0 saturated carbocycles. The van der Waals surface area contributed by atoms with Gasteiger partial charge in [-0.1, -0.05) is 6.07 Å². The number of nitrogens with zero attached hydrogens (tertiary/aromatic N) is 1. The Kier molecular flexibility index (Phi) is 5.96. The molecule has 28 heavy (non-hydrogen) atoms. The summed E-state index contributed by atoms with van der Waals surface area (Å²) in [7, 11) is 0. The van der Waals surface area contributed by atoms with Crippen LogP contribution in [0.5, 0.6) is 0 Å². The molecule has 2 aromatic carbocycles. The average Bonchev–Trinajstić information content (AvgIpc) is 2.69. The van der Waals surface area contributed by atoms with Crippen LogP contribution in [0.25, 0.3) is 0 Å². The quantitative estimate of drug-likeness (QED) is 0.621. The Balaban J connectivity index is 1.68. The third kappa shape index (κ3) is 4.91. The molecule has 1 heterocycles. The number of aromatic nitrogens is 1. The van der Waals surface area contributed by atoms with Crippen molar-refractivity contribution in [2.45, 2.75) is 6.92 Å². The van der Waals surface area contributed by atoms with Gasteiger partial charge in [0.25, 0.3) is 5.91 Å². The van der Waals surface area contributed by atoms with Gasteiger partial charge in [-0.3, -0.25) is 4.79 Å².